The Labute approximate surface area is 112 Å². The third-order valence-electron chi connectivity index (χ3n) is 3.52. The third-order valence-corrected chi connectivity index (χ3v) is 3.52. The standard InChI is InChI=1S/C13H23F2NO3/c1-10-3-2-5-13(7-10,9-17)16-12(18)4-6-19-8-11(14)15/h10-11,17H,2-9H2,1H3,(H,16,18). The van der Waals surface area contributed by atoms with E-state index in [2.05, 4.69) is 17.0 Å². The highest BCUT2D eigenvalue weighted by Crippen LogP contribution is 2.31. The van der Waals surface area contributed by atoms with Crippen LogP contribution in [0.2, 0.25) is 0 Å². The van der Waals surface area contributed by atoms with Gasteiger partial charge < -0.3 is 15.2 Å². The van der Waals surface area contributed by atoms with Crippen molar-refractivity contribution in [2.75, 3.05) is 19.8 Å². The van der Waals surface area contributed by atoms with Crippen LogP contribution in [0, 0.1) is 5.92 Å². The van der Waals surface area contributed by atoms with E-state index in [4.69, 9.17) is 0 Å². The normalized spacial score (nSPS) is 27.5. The van der Waals surface area contributed by atoms with E-state index in [0.717, 1.165) is 25.7 Å². The maximum atomic E-state index is 11.8. The fraction of sp³-hybridized carbons (Fsp3) is 0.923. The highest BCUT2D eigenvalue weighted by atomic mass is 19.3. The van der Waals surface area contributed by atoms with Crippen molar-refractivity contribution in [1.82, 2.24) is 5.32 Å². The molecule has 0 aromatic rings. The van der Waals surface area contributed by atoms with E-state index >= 15 is 0 Å². The number of hydrogen-bond acceptors (Lipinski definition) is 3. The monoisotopic (exact) mass is 279 g/mol. The molecule has 2 unspecified atom stereocenters. The predicted molar refractivity (Wildman–Crippen MR) is 67.0 cm³/mol. The number of halogens is 2. The summed E-state index contributed by atoms with van der Waals surface area (Å²) in [5.74, 6) is 0.216. The summed E-state index contributed by atoms with van der Waals surface area (Å²) in [6, 6.07) is 0. The van der Waals surface area contributed by atoms with Gasteiger partial charge in [-0.25, -0.2) is 8.78 Å². The van der Waals surface area contributed by atoms with Crippen LogP contribution in [0.5, 0.6) is 0 Å². The minimum atomic E-state index is -2.51. The largest absolute Gasteiger partial charge is 0.394 e. The van der Waals surface area contributed by atoms with Crippen LogP contribution in [0.25, 0.3) is 0 Å². The molecule has 1 aliphatic rings. The Bertz CT molecular complexity index is 289. The van der Waals surface area contributed by atoms with Crippen LogP contribution in [0.4, 0.5) is 8.78 Å². The van der Waals surface area contributed by atoms with Crippen LogP contribution in [-0.4, -0.2) is 42.8 Å². The van der Waals surface area contributed by atoms with Crippen molar-refractivity contribution in [1.29, 1.82) is 0 Å². The Morgan fingerprint density at radius 3 is 2.89 bits per heavy atom. The zero-order valence-corrected chi connectivity index (χ0v) is 11.3. The molecule has 1 saturated carbocycles. The molecule has 0 saturated heterocycles. The molecule has 0 aliphatic heterocycles. The Morgan fingerprint density at radius 2 is 2.32 bits per heavy atom. The maximum Gasteiger partial charge on any atom is 0.261 e. The van der Waals surface area contributed by atoms with Gasteiger partial charge in [-0.15, -0.1) is 0 Å². The van der Waals surface area contributed by atoms with E-state index in [0.29, 0.717) is 5.92 Å². The van der Waals surface area contributed by atoms with Crippen molar-refractivity contribution >= 4 is 5.91 Å². The smallest absolute Gasteiger partial charge is 0.261 e. The minimum absolute atomic E-state index is 0.0206. The lowest BCUT2D eigenvalue weighted by molar-refractivity contribution is -0.126. The van der Waals surface area contributed by atoms with Crippen molar-refractivity contribution < 1.29 is 23.4 Å². The first-order chi connectivity index (χ1) is 8.97. The molecule has 1 rings (SSSR count). The van der Waals surface area contributed by atoms with Gasteiger partial charge in [-0.3, -0.25) is 4.79 Å². The molecular weight excluding hydrogens is 256 g/mol. The molecule has 4 nitrogen and oxygen atoms in total. The van der Waals surface area contributed by atoms with Gasteiger partial charge >= 0.3 is 0 Å². The van der Waals surface area contributed by atoms with Crippen LogP contribution in [0.3, 0.4) is 0 Å². The van der Waals surface area contributed by atoms with Crippen LogP contribution in [0.1, 0.15) is 39.0 Å². The zero-order chi connectivity index (χ0) is 14.3. The molecule has 19 heavy (non-hydrogen) atoms. The van der Waals surface area contributed by atoms with Gasteiger partial charge in [-0.2, -0.15) is 0 Å². The molecule has 2 atom stereocenters. The summed E-state index contributed by atoms with van der Waals surface area (Å²) in [6.07, 6.45) is 1.14. The van der Waals surface area contributed by atoms with E-state index in [-0.39, 0.29) is 25.5 Å². The number of carbonyl (C=O) groups is 1. The topological polar surface area (TPSA) is 58.6 Å². The molecule has 0 aromatic carbocycles. The summed E-state index contributed by atoms with van der Waals surface area (Å²) in [7, 11) is 0. The molecule has 112 valence electrons. The lowest BCUT2D eigenvalue weighted by Gasteiger charge is -2.39. The first-order valence-corrected chi connectivity index (χ1v) is 6.75. The first kappa shape index (κ1) is 16.3. The Morgan fingerprint density at radius 1 is 1.58 bits per heavy atom. The van der Waals surface area contributed by atoms with Crippen molar-refractivity contribution in [3.8, 4) is 0 Å². The number of rotatable bonds is 7. The predicted octanol–water partition coefficient (Wildman–Crippen LogP) is 1.72. The molecule has 6 heteroatoms. The average Bonchev–Trinajstić information content (AvgIpc) is 2.34. The molecule has 1 fully saturated rings. The average molecular weight is 279 g/mol. The first-order valence-electron chi connectivity index (χ1n) is 6.75. The second-order valence-corrected chi connectivity index (χ2v) is 5.40. The van der Waals surface area contributed by atoms with Gasteiger partial charge in [0.1, 0.15) is 6.61 Å². The van der Waals surface area contributed by atoms with Crippen LogP contribution in [0.15, 0.2) is 0 Å². The molecule has 0 bridgehead atoms. The Kier molecular flexibility index (Phi) is 6.65. The Balaban J connectivity index is 2.32. The molecule has 0 heterocycles. The number of ether oxygens (including phenoxy) is 1. The van der Waals surface area contributed by atoms with E-state index in [1.807, 2.05) is 0 Å². The number of aliphatic hydroxyl groups is 1. The molecule has 0 radical (unpaired) electrons. The van der Waals surface area contributed by atoms with Gasteiger partial charge in [0.25, 0.3) is 6.43 Å². The molecule has 2 N–H and O–H groups in total. The third kappa shape index (κ3) is 5.82. The molecular formula is C13H23F2NO3. The molecule has 1 aliphatic carbocycles. The number of nitrogens with one attached hydrogen (secondary N) is 1. The van der Waals surface area contributed by atoms with Crippen molar-refractivity contribution in [3.05, 3.63) is 0 Å². The van der Waals surface area contributed by atoms with E-state index in [9.17, 15) is 18.7 Å². The summed E-state index contributed by atoms with van der Waals surface area (Å²) in [4.78, 5) is 11.7. The number of aliphatic hydroxyl groups excluding tert-OH is 1. The van der Waals surface area contributed by atoms with E-state index in [1.54, 1.807) is 0 Å². The Hall–Kier alpha value is -0.750. The van der Waals surface area contributed by atoms with E-state index in [1.165, 1.54) is 0 Å². The van der Waals surface area contributed by atoms with Crippen LogP contribution in [-0.2, 0) is 9.53 Å². The fourth-order valence-electron chi connectivity index (χ4n) is 2.65. The minimum Gasteiger partial charge on any atom is -0.394 e. The highest BCUT2D eigenvalue weighted by Gasteiger charge is 2.35. The van der Waals surface area contributed by atoms with Crippen LogP contribution >= 0.6 is 0 Å². The summed E-state index contributed by atoms with van der Waals surface area (Å²) < 4.78 is 28.3. The zero-order valence-electron chi connectivity index (χ0n) is 11.3. The number of alkyl halides is 2. The second-order valence-electron chi connectivity index (χ2n) is 5.40. The highest BCUT2D eigenvalue weighted by molar-refractivity contribution is 5.76. The van der Waals surface area contributed by atoms with Crippen molar-refractivity contribution in [2.24, 2.45) is 5.92 Å². The fourth-order valence-corrected chi connectivity index (χ4v) is 2.65. The summed E-state index contributed by atoms with van der Waals surface area (Å²) >= 11 is 0. The number of amides is 1. The maximum absolute atomic E-state index is 11.8. The van der Waals surface area contributed by atoms with Crippen molar-refractivity contribution in [3.63, 3.8) is 0 Å². The van der Waals surface area contributed by atoms with Gasteiger partial charge in [0.15, 0.2) is 0 Å². The van der Waals surface area contributed by atoms with Gasteiger partial charge in [0.05, 0.1) is 18.8 Å². The van der Waals surface area contributed by atoms with Gasteiger partial charge in [0.2, 0.25) is 5.91 Å². The summed E-state index contributed by atoms with van der Waals surface area (Å²) in [5, 5.41) is 12.4. The van der Waals surface area contributed by atoms with Gasteiger partial charge in [0, 0.05) is 6.42 Å². The van der Waals surface area contributed by atoms with Gasteiger partial charge in [-0.1, -0.05) is 19.8 Å². The lowest BCUT2D eigenvalue weighted by Crippen LogP contribution is -2.54. The number of hydrogen-bond donors (Lipinski definition) is 2. The van der Waals surface area contributed by atoms with E-state index < -0.39 is 18.6 Å². The number of carbonyl (C=O) groups excluding carboxylic acids is 1. The van der Waals surface area contributed by atoms with Gasteiger partial charge in [-0.05, 0) is 18.8 Å². The summed E-state index contributed by atoms with van der Waals surface area (Å²) in [5.41, 5.74) is -0.544. The molecule has 0 spiro atoms. The second kappa shape index (κ2) is 7.75. The van der Waals surface area contributed by atoms with Crippen molar-refractivity contribution in [2.45, 2.75) is 51.0 Å². The lowest BCUT2D eigenvalue weighted by atomic mass is 9.77. The molecule has 1 amide bonds. The SMILES string of the molecule is CC1CCCC(CO)(NC(=O)CCOCC(F)F)C1. The van der Waals surface area contributed by atoms with Crippen LogP contribution < -0.4 is 5.32 Å². The molecule has 0 aromatic heterocycles. The summed E-state index contributed by atoms with van der Waals surface area (Å²) in [6.45, 7) is 1.35. The quantitative estimate of drug-likeness (QED) is 0.698.